The fourth-order valence-corrected chi connectivity index (χ4v) is 6.51. The van der Waals surface area contributed by atoms with E-state index in [1.165, 1.54) is 63.9 Å². The van der Waals surface area contributed by atoms with E-state index in [4.69, 9.17) is 0 Å². The maximum atomic E-state index is 4.55. The van der Waals surface area contributed by atoms with E-state index in [0.717, 1.165) is 29.1 Å². The molecule has 2 aromatic heterocycles. The van der Waals surface area contributed by atoms with Crippen LogP contribution < -0.4 is 0 Å². The number of nitrogens with zero attached hydrogens (tertiary/aromatic N) is 4. The summed E-state index contributed by atoms with van der Waals surface area (Å²) in [5.74, 6) is 0. The molecule has 0 aliphatic rings. The SMILES string of the molecule is CCCCCc1ccc(-c2cn(C(C)c3ccc(-n4c(-c5ccc(C)cc5)cc(-c5ccccc5)c4-c4ccccc4)cc3)nn2)cc1. The molecule has 0 saturated carbocycles. The van der Waals surface area contributed by atoms with Crippen LogP contribution in [0.5, 0.6) is 0 Å². The smallest absolute Gasteiger partial charge is 0.113 e. The molecule has 48 heavy (non-hydrogen) atoms. The Kier molecular flexibility index (Phi) is 9.15. The summed E-state index contributed by atoms with van der Waals surface area (Å²) in [6.07, 6.45) is 6.95. The van der Waals surface area contributed by atoms with Crippen molar-refractivity contribution in [1.82, 2.24) is 19.6 Å². The minimum Gasteiger partial charge on any atom is -0.309 e. The molecule has 238 valence electrons. The van der Waals surface area contributed by atoms with Crippen LogP contribution in [0.2, 0.25) is 0 Å². The topological polar surface area (TPSA) is 35.6 Å². The van der Waals surface area contributed by atoms with E-state index in [1.54, 1.807) is 0 Å². The minimum atomic E-state index is 0.0309. The number of hydrogen-bond acceptors (Lipinski definition) is 2. The highest BCUT2D eigenvalue weighted by Crippen LogP contribution is 2.41. The van der Waals surface area contributed by atoms with Crippen molar-refractivity contribution in [2.45, 2.75) is 52.5 Å². The van der Waals surface area contributed by atoms with Crippen LogP contribution in [0.1, 0.15) is 55.8 Å². The zero-order valence-electron chi connectivity index (χ0n) is 28.1. The summed E-state index contributed by atoms with van der Waals surface area (Å²) in [4.78, 5) is 0. The van der Waals surface area contributed by atoms with Crippen LogP contribution in [-0.2, 0) is 6.42 Å². The molecule has 2 heterocycles. The number of unbranched alkanes of at least 4 members (excludes halogenated alkanes) is 2. The lowest BCUT2D eigenvalue weighted by Gasteiger charge is -2.17. The number of hydrogen-bond donors (Lipinski definition) is 0. The van der Waals surface area contributed by atoms with Crippen molar-refractivity contribution in [2.24, 2.45) is 0 Å². The molecule has 0 fully saturated rings. The molecule has 7 rings (SSSR count). The number of benzene rings is 5. The third-order valence-corrected chi connectivity index (χ3v) is 9.34. The average Bonchev–Trinajstić information content (AvgIpc) is 3.80. The van der Waals surface area contributed by atoms with Crippen molar-refractivity contribution in [3.8, 4) is 50.6 Å². The third kappa shape index (κ3) is 6.52. The molecule has 1 unspecified atom stereocenters. The minimum absolute atomic E-state index is 0.0309. The highest BCUT2D eigenvalue weighted by Gasteiger charge is 2.21. The molecule has 4 heteroatoms. The fraction of sp³-hybridized carbons (Fsp3) is 0.182. The van der Waals surface area contributed by atoms with Crippen molar-refractivity contribution in [3.63, 3.8) is 0 Å². The second-order valence-electron chi connectivity index (χ2n) is 12.7. The normalized spacial score (nSPS) is 11.9. The van der Waals surface area contributed by atoms with Gasteiger partial charge < -0.3 is 4.57 Å². The van der Waals surface area contributed by atoms with Crippen molar-refractivity contribution in [2.75, 3.05) is 0 Å². The summed E-state index contributed by atoms with van der Waals surface area (Å²) in [6, 6.07) is 50.3. The lowest BCUT2D eigenvalue weighted by Crippen LogP contribution is -2.08. The molecule has 0 spiro atoms. The molecular formula is C44H42N4. The van der Waals surface area contributed by atoms with E-state index in [1.807, 2.05) is 4.68 Å². The number of aryl methyl sites for hydroxylation is 2. The van der Waals surface area contributed by atoms with E-state index < -0.39 is 0 Å². The summed E-state index contributed by atoms with van der Waals surface area (Å²) in [5, 5.41) is 9.09. The van der Waals surface area contributed by atoms with Gasteiger partial charge in [-0.2, -0.15) is 0 Å². The molecule has 7 aromatic rings. The van der Waals surface area contributed by atoms with E-state index in [-0.39, 0.29) is 6.04 Å². The van der Waals surface area contributed by atoms with Crippen molar-refractivity contribution < 1.29 is 0 Å². The van der Waals surface area contributed by atoms with Gasteiger partial charge in [-0.1, -0.05) is 152 Å². The van der Waals surface area contributed by atoms with Gasteiger partial charge in [0.15, 0.2) is 0 Å². The van der Waals surface area contributed by atoms with Gasteiger partial charge >= 0.3 is 0 Å². The molecule has 0 aliphatic heterocycles. The Balaban J connectivity index is 1.24. The van der Waals surface area contributed by atoms with Crippen LogP contribution in [0, 0.1) is 6.92 Å². The van der Waals surface area contributed by atoms with Crippen LogP contribution in [0.15, 0.2) is 146 Å². The van der Waals surface area contributed by atoms with Crippen LogP contribution in [0.4, 0.5) is 0 Å². The Morgan fingerprint density at radius 1 is 0.646 bits per heavy atom. The zero-order valence-corrected chi connectivity index (χ0v) is 28.1. The van der Waals surface area contributed by atoms with Crippen LogP contribution in [0.3, 0.4) is 0 Å². The maximum absolute atomic E-state index is 4.55. The molecule has 0 aliphatic carbocycles. The molecule has 1 atom stereocenters. The highest BCUT2D eigenvalue weighted by molar-refractivity contribution is 5.88. The van der Waals surface area contributed by atoms with Gasteiger partial charge in [-0.15, -0.1) is 5.10 Å². The monoisotopic (exact) mass is 626 g/mol. The van der Waals surface area contributed by atoms with Gasteiger partial charge in [0.2, 0.25) is 0 Å². The summed E-state index contributed by atoms with van der Waals surface area (Å²) in [6.45, 7) is 6.56. The molecule has 5 aromatic carbocycles. The van der Waals surface area contributed by atoms with Gasteiger partial charge in [-0.05, 0) is 72.7 Å². The van der Waals surface area contributed by atoms with Gasteiger partial charge in [0.1, 0.15) is 5.69 Å². The van der Waals surface area contributed by atoms with Gasteiger partial charge in [-0.3, -0.25) is 0 Å². The lowest BCUT2D eigenvalue weighted by molar-refractivity contribution is 0.543. The molecule has 0 amide bonds. The van der Waals surface area contributed by atoms with Gasteiger partial charge in [0, 0.05) is 16.8 Å². The average molecular weight is 627 g/mol. The van der Waals surface area contributed by atoms with Gasteiger partial charge in [-0.25, -0.2) is 4.68 Å². The van der Waals surface area contributed by atoms with Crippen molar-refractivity contribution in [1.29, 1.82) is 0 Å². The Morgan fingerprint density at radius 3 is 1.96 bits per heavy atom. The fourth-order valence-electron chi connectivity index (χ4n) is 6.51. The highest BCUT2D eigenvalue weighted by atomic mass is 15.4. The molecule has 4 nitrogen and oxygen atoms in total. The van der Waals surface area contributed by atoms with Crippen LogP contribution >= 0.6 is 0 Å². The van der Waals surface area contributed by atoms with E-state index in [9.17, 15) is 0 Å². The number of rotatable bonds is 11. The van der Waals surface area contributed by atoms with E-state index in [0.29, 0.717) is 0 Å². The van der Waals surface area contributed by atoms with Gasteiger partial charge in [0.05, 0.1) is 23.6 Å². The van der Waals surface area contributed by atoms with Crippen LogP contribution in [-0.4, -0.2) is 19.6 Å². The lowest BCUT2D eigenvalue weighted by atomic mass is 10.0. The maximum Gasteiger partial charge on any atom is 0.113 e. The van der Waals surface area contributed by atoms with E-state index in [2.05, 4.69) is 181 Å². The Labute approximate surface area is 284 Å². The van der Waals surface area contributed by atoms with Gasteiger partial charge in [0.25, 0.3) is 0 Å². The van der Waals surface area contributed by atoms with Crippen molar-refractivity contribution >= 4 is 0 Å². The zero-order chi connectivity index (χ0) is 32.9. The molecule has 0 radical (unpaired) electrons. The second kappa shape index (κ2) is 14.1. The summed E-state index contributed by atoms with van der Waals surface area (Å²) in [5.41, 5.74) is 14.0. The largest absolute Gasteiger partial charge is 0.309 e. The summed E-state index contributed by atoms with van der Waals surface area (Å²) < 4.78 is 4.38. The second-order valence-corrected chi connectivity index (χ2v) is 12.7. The Bertz CT molecular complexity index is 2070. The first-order chi connectivity index (χ1) is 23.6. The summed E-state index contributed by atoms with van der Waals surface area (Å²) in [7, 11) is 0. The first-order valence-electron chi connectivity index (χ1n) is 17.1. The predicted molar refractivity (Wildman–Crippen MR) is 199 cm³/mol. The molecule has 0 bridgehead atoms. The quantitative estimate of drug-likeness (QED) is 0.134. The predicted octanol–water partition coefficient (Wildman–Crippen LogP) is 11.4. The standard InChI is InChI=1S/C44H42N4/c1-4-5-8-13-34-20-24-37(25-21-34)42-31-47(46-45-42)33(3)35-26-28-40(29-27-35)48-43(38-22-18-32(2)19-23-38)30-41(36-14-9-6-10-15-36)44(48)39-16-11-7-12-17-39/h6-7,9-12,14-31,33H,4-5,8,13H2,1-3H3. The molecule has 0 saturated heterocycles. The summed E-state index contributed by atoms with van der Waals surface area (Å²) >= 11 is 0. The van der Waals surface area contributed by atoms with E-state index >= 15 is 0 Å². The molecule has 0 N–H and O–H groups in total. The number of aromatic nitrogens is 4. The molecular weight excluding hydrogens is 585 g/mol. The first-order valence-corrected chi connectivity index (χ1v) is 17.1. The third-order valence-electron chi connectivity index (χ3n) is 9.34. The first kappa shape index (κ1) is 31.1. The van der Waals surface area contributed by atoms with Crippen molar-refractivity contribution in [3.05, 3.63) is 162 Å². The Morgan fingerprint density at radius 2 is 1.29 bits per heavy atom. The Hall–Kier alpha value is -5.48. The van der Waals surface area contributed by atoms with Crippen LogP contribution in [0.25, 0.3) is 50.6 Å².